The predicted molar refractivity (Wildman–Crippen MR) is 106 cm³/mol. The molecular weight excluding hydrogens is 425 g/mol. The molecule has 0 saturated carbocycles. The van der Waals surface area contributed by atoms with Gasteiger partial charge in [0.15, 0.2) is 5.96 Å². The van der Waals surface area contributed by atoms with Gasteiger partial charge < -0.3 is 20.2 Å². The Morgan fingerprint density at radius 3 is 2.74 bits per heavy atom. The van der Waals surface area contributed by atoms with Crippen LogP contribution in [-0.2, 0) is 12.1 Å². The predicted octanol–water partition coefficient (Wildman–Crippen LogP) is 3.23. The fourth-order valence-corrected chi connectivity index (χ4v) is 2.82. The quantitative estimate of drug-likeness (QED) is 0.360. The van der Waals surface area contributed by atoms with Crippen molar-refractivity contribution in [2.24, 2.45) is 4.99 Å². The fraction of sp³-hybridized carbons (Fsp3) is 0.438. The first kappa shape index (κ1) is 20.0. The summed E-state index contributed by atoms with van der Waals surface area (Å²) in [4.78, 5) is 5.81. The zero-order valence-electron chi connectivity index (χ0n) is 13.6. The van der Waals surface area contributed by atoms with Crippen LogP contribution in [0.15, 0.2) is 39.3 Å². The zero-order valence-corrected chi connectivity index (χ0v) is 16.8. The molecular formula is C16H24IN3O2S. The summed E-state index contributed by atoms with van der Waals surface area (Å²) in [6.07, 6.45) is 1.56. The number of nitrogens with one attached hydrogen (secondary N) is 2. The molecule has 0 aliphatic heterocycles. The molecule has 1 atom stereocenters. The van der Waals surface area contributed by atoms with Gasteiger partial charge in [-0.25, -0.2) is 4.99 Å². The highest BCUT2D eigenvalue weighted by Crippen LogP contribution is 2.20. The van der Waals surface area contributed by atoms with Crippen LogP contribution in [0.1, 0.15) is 30.0 Å². The number of aliphatic hydroxyl groups is 1. The number of hydrogen-bond acceptors (Lipinski definition) is 4. The first-order valence-corrected chi connectivity index (χ1v) is 8.22. The molecule has 0 spiro atoms. The minimum absolute atomic E-state index is 0. The number of furan rings is 1. The third-order valence-electron chi connectivity index (χ3n) is 3.35. The Hall–Kier alpha value is -1.06. The van der Waals surface area contributed by atoms with Gasteiger partial charge in [0.25, 0.3) is 0 Å². The van der Waals surface area contributed by atoms with E-state index in [0.29, 0.717) is 24.8 Å². The van der Waals surface area contributed by atoms with Gasteiger partial charge in [-0.2, -0.15) is 0 Å². The molecule has 2 aromatic rings. The highest BCUT2D eigenvalue weighted by molar-refractivity contribution is 14.0. The van der Waals surface area contributed by atoms with Gasteiger partial charge in [-0.3, -0.25) is 0 Å². The molecule has 0 amide bonds. The SMILES string of the molecule is CCNC(=NCc1sccc1C)NCC(C)(O)c1ccco1.I. The number of guanidine groups is 1. The van der Waals surface area contributed by atoms with Crippen molar-refractivity contribution in [3.05, 3.63) is 46.0 Å². The van der Waals surface area contributed by atoms with Gasteiger partial charge in [-0.15, -0.1) is 35.3 Å². The van der Waals surface area contributed by atoms with Gasteiger partial charge in [0.05, 0.1) is 19.4 Å². The lowest BCUT2D eigenvalue weighted by molar-refractivity contribution is 0.0386. The maximum atomic E-state index is 10.5. The molecule has 0 radical (unpaired) electrons. The number of aryl methyl sites for hydroxylation is 1. The second-order valence-electron chi connectivity index (χ2n) is 5.33. The minimum atomic E-state index is -1.08. The third kappa shape index (κ3) is 5.82. The second kappa shape index (κ2) is 9.29. The van der Waals surface area contributed by atoms with Crippen molar-refractivity contribution < 1.29 is 9.52 Å². The molecule has 0 fully saturated rings. The Kier molecular flexibility index (Phi) is 8.07. The minimum Gasteiger partial charge on any atom is -0.466 e. The van der Waals surface area contributed by atoms with Crippen molar-refractivity contribution in [3.63, 3.8) is 0 Å². The van der Waals surface area contributed by atoms with Crippen LogP contribution >= 0.6 is 35.3 Å². The maximum Gasteiger partial charge on any atom is 0.191 e. The normalized spacial score (nSPS) is 14.0. The van der Waals surface area contributed by atoms with E-state index in [1.807, 2.05) is 6.92 Å². The van der Waals surface area contributed by atoms with E-state index >= 15 is 0 Å². The summed E-state index contributed by atoms with van der Waals surface area (Å²) in [6, 6.07) is 5.63. The fourth-order valence-electron chi connectivity index (χ4n) is 1.99. The molecule has 0 aliphatic rings. The Labute approximate surface area is 158 Å². The number of rotatable bonds is 6. The lowest BCUT2D eigenvalue weighted by Crippen LogP contribution is -2.44. The molecule has 0 aromatic carbocycles. The second-order valence-corrected chi connectivity index (χ2v) is 6.33. The van der Waals surface area contributed by atoms with Crippen LogP contribution in [0.5, 0.6) is 0 Å². The Balaban J connectivity index is 0.00000264. The van der Waals surface area contributed by atoms with Crippen molar-refractivity contribution in [2.75, 3.05) is 13.1 Å². The van der Waals surface area contributed by atoms with Gasteiger partial charge in [-0.1, -0.05) is 0 Å². The Morgan fingerprint density at radius 2 is 2.17 bits per heavy atom. The van der Waals surface area contributed by atoms with Gasteiger partial charge >= 0.3 is 0 Å². The van der Waals surface area contributed by atoms with Crippen LogP contribution in [0.25, 0.3) is 0 Å². The molecule has 2 heterocycles. The molecule has 0 saturated heterocycles. The highest BCUT2D eigenvalue weighted by atomic mass is 127. The summed E-state index contributed by atoms with van der Waals surface area (Å²) < 4.78 is 5.28. The number of aliphatic imine (C=N–C) groups is 1. The van der Waals surface area contributed by atoms with Crippen LogP contribution in [0.2, 0.25) is 0 Å². The highest BCUT2D eigenvalue weighted by Gasteiger charge is 2.26. The lowest BCUT2D eigenvalue weighted by Gasteiger charge is -2.22. The molecule has 5 nitrogen and oxygen atoms in total. The van der Waals surface area contributed by atoms with E-state index in [0.717, 1.165) is 6.54 Å². The molecule has 23 heavy (non-hydrogen) atoms. The van der Waals surface area contributed by atoms with Crippen LogP contribution in [0.4, 0.5) is 0 Å². The average Bonchev–Trinajstić information content (AvgIpc) is 3.14. The van der Waals surface area contributed by atoms with E-state index < -0.39 is 5.60 Å². The van der Waals surface area contributed by atoms with Gasteiger partial charge in [0.1, 0.15) is 11.4 Å². The summed E-state index contributed by atoms with van der Waals surface area (Å²) in [6.45, 7) is 7.52. The van der Waals surface area contributed by atoms with E-state index in [2.05, 4.69) is 34.0 Å². The summed E-state index contributed by atoms with van der Waals surface area (Å²) in [5, 5.41) is 18.9. The molecule has 3 N–H and O–H groups in total. The summed E-state index contributed by atoms with van der Waals surface area (Å²) in [5.41, 5.74) is 0.172. The Morgan fingerprint density at radius 1 is 1.39 bits per heavy atom. The largest absolute Gasteiger partial charge is 0.466 e. The lowest BCUT2D eigenvalue weighted by atomic mass is 10.0. The monoisotopic (exact) mass is 449 g/mol. The van der Waals surface area contributed by atoms with Crippen molar-refractivity contribution in [1.29, 1.82) is 0 Å². The van der Waals surface area contributed by atoms with Crippen molar-refractivity contribution >= 4 is 41.3 Å². The number of thiophene rings is 1. The smallest absolute Gasteiger partial charge is 0.191 e. The van der Waals surface area contributed by atoms with Crippen LogP contribution < -0.4 is 10.6 Å². The first-order chi connectivity index (χ1) is 10.5. The molecule has 0 aliphatic carbocycles. The van der Waals surface area contributed by atoms with E-state index in [-0.39, 0.29) is 24.0 Å². The number of halogens is 1. The van der Waals surface area contributed by atoms with Gasteiger partial charge in [0.2, 0.25) is 0 Å². The maximum absolute atomic E-state index is 10.5. The molecule has 0 bridgehead atoms. The van der Waals surface area contributed by atoms with Gasteiger partial charge in [0, 0.05) is 11.4 Å². The van der Waals surface area contributed by atoms with Crippen LogP contribution in [0, 0.1) is 6.92 Å². The third-order valence-corrected chi connectivity index (χ3v) is 4.35. The first-order valence-electron chi connectivity index (χ1n) is 7.34. The Bertz CT molecular complexity index is 609. The summed E-state index contributed by atoms with van der Waals surface area (Å²) in [5.74, 6) is 1.21. The molecule has 2 rings (SSSR count). The molecule has 1 unspecified atom stereocenters. The number of nitrogens with zero attached hydrogens (tertiary/aromatic N) is 1. The van der Waals surface area contributed by atoms with Crippen molar-refractivity contribution in [2.45, 2.75) is 32.9 Å². The van der Waals surface area contributed by atoms with Crippen LogP contribution in [0.3, 0.4) is 0 Å². The summed E-state index contributed by atoms with van der Waals surface area (Å²) in [7, 11) is 0. The zero-order chi connectivity index (χ0) is 16.0. The van der Waals surface area contributed by atoms with E-state index in [4.69, 9.17) is 4.42 Å². The van der Waals surface area contributed by atoms with Crippen molar-refractivity contribution in [1.82, 2.24) is 10.6 Å². The standard InChI is InChI=1S/C16H23N3O2S.HI/c1-4-17-15(18-10-13-12(2)7-9-22-13)19-11-16(3,20)14-6-5-8-21-14;/h5-9,20H,4,10-11H2,1-3H3,(H2,17,18,19);1H. The van der Waals surface area contributed by atoms with Crippen molar-refractivity contribution in [3.8, 4) is 0 Å². The van der Waals surface area contributed by atoms with E-state index in [9.17, 15) is 5.11 Å². The average molecular weight is 449 g/mol. The molecule has 128 valence electrons. The molecule has 7 heteroatoms. The number of hydrogen-bond donors (Lipinski definition) is 3. The summed E-state index contributed by atoms with van der Waals surface area (Å²) >= 11 is 1.70. The topological polar surface area (TPSA) is 69.8 Å². The van der Waals surface area contributed by atoms with Gasteiger partial charge in [-0.05, 0) is 49.9 Å². The van der Waals surface area contributed by atoms with E-state index in [1.165, 1.54) is 10.4 Å². The molecule has 2 aromatic heterocycles. The van der Waals surface area contributed by atoms with Crippen LogP contribution in [-0.4, -0.2) is 24.2 Å². The van der Waals surface area contributed by atoms with E-state index in [1.54, 1.807) is 36.7 Å².